The molecule has 8 nitrogen and oxygen atoms in total. The molecule has 3 N–H and O–H groups in total. The van der Waals surface area contributed by atoms with Gasteiger partial charge in [-0.15, -0.1) is 0 Å². The molecule has 0 spiro atoms. The maximum absolute atomic E-state index is 13.8. The number of likely N-dealkylation sites (N-methyl/N-ethyl adjacent to an activating group) is 1. The average Bonchev–Trinajstić information content (AvgIpc) is 3.56. The standard InChI is InChI=1S/C28H45N5O3/c1-20(29-5)25(34)31-24(28(2,3)4)27(36)33-17-10-13-22(33)19-32(26(35)23-14-9-16-30-23)18-15-21-11-7-6-8-12-21/h6-8,11-12,20,22-24,29-30H,9-10,13-19H2,1-5H3,(H,31,34)/t20-,22-,23-,24+/m0/s1. The van der Waals surface area contributed by atoms with E-state index in [1.807, 2.05) is 48.8 Å². The summed E-state index contributed by atoms with van der Waals surface area (Å²) >= 11 is 0. The Morgan fingerprint density at radius 1 is 1.14 bits per heavy atom. The maximum atomic E-state index is 13.8. The first-order chi connectivity index (χ1) is 17.1. The Hall–Kier alpha value is -2.45. The van der Waals surface area contributed by atoms with Gasteiger partial charge in [-0.1, -0.05) is 51.1 Å². The first kappa shape index (κ1) is 28.1. The van der Waals surface area contributed by atoms with E-state index in [0.717, 1.165) is 38.6 Å². The van der Waals surface area contributed by atoms with Gasteiger partial charge in [-0.05, 0) is 63.6 Å². The lowest BCUT2D eigenvalue weighted by atomic mass is 9.85. The van der Waals surface area contributed by atoms with Crippen LogP contribution in [0.3, 0.4) is 0 Å². The highest BCUT2D eigenvalue weighted by Crippen LogP contribution is 2.27. The zero-order valence-electron chi connectivity index (χ0n) is 22.7. The smallest absolute Gasteiger partial charge is 0.246 e. The number of likely N-dealkylation sites (tertiary alicyclic amines) is 1. The molecule has 0 saturated carbocycles. The predicted octanol–water partition coefficient (Wildman–Crippen LogP) is 1.94. The van der Waals surface area contributed by atoms with Crippen molar-refractivity contribution in [3.8, 4) is 0 Å². The molecule has 0 unspecified atom stereocenters. The minimum Gasteiger partial charge on any atom is -0.342 e. The van der Waals surface area contributed by atoms with E-state index in [0.29, 0.717) is 19.6 Å². The van der Waals surface area contributed by atoms with Gasteiger partial charge in [0.2, 0.25) is 17.7 Å². The minimum absolute atomic E-state index is 0.0536. The number of rotatable bonds is 10. The molecule has 3 amide bonds. The molecule has 3 rings (SSSR count). The Morgan fingerprint density at radius 3 is 2.47 bits per heavy atom. The highest BCUT2D eigenvalue weighted by atomic mass is 16.2. The molecule has 2 fully saturated rings. The van der Waals surface area contributed by atoms with Crippen LogP contribution < -0.4 is 16.0 Å². The van der Waals surface area contributed by atoms with Crippen molar-refractivity contribution in [2.45, 2.75) is 84.0 Å². The van der Waals surface area contributed by atoms with Gasteiger partial charge in [0, 0.05) is 25.7 Å². The zero-order valence-corrected chi connectivity index (χ0v) is 22.7. The van der Waals surface area contributed by atoms with Crippen LogP contribution in [0, 0.1) is 5.41 Å². The van der Waals surface area contributed by atoms with E-state index < -0.39 is 11.5 Å². The van der Waals surface area contributed by atoms with Gasteiger partial charge in [0.15, 0.2) is 0 Å². The van der Waals surface area contributed by atoms with Crippen molar-refractivity contribution in [1.29, 1.82) is 0 Å². The van der Waals surface area contributed by atoms with Crippen molar-refractivity contribution < 1.29 is 14.4 Å². The summed E-state index contributed by atoms with van der Waals surface area (Å²) in [7, 11) is 1.73. The number of carbonyl (C=O) groups excluding carboxylic acids is 3. The molecule has 36 heavy (non-hydrogen) atoms. The summed E-state index contributed by atoms with van der Waals surface area (Å²) < 4.78 is 0. The van der Waals surface area contributed by atoms with Gasteiger partial charge in [0.1, 0.15) is 6.04 Å². The summed E-state index contributed by atoms with van der Waals surface area (Å²) in [6, 6.07) is 9.00. The summed E-state index contributed by atoms with van der Waals surface area (Å²) in [5.74, 6) is -0.115. The van der Waals surface area contributed by atoms with Crippen LogP contribution in [0.15, 0.2) is 30.3 Å². The van der Waals surface area contributed by atoms with Crippen LogP contribution in [0.25, 0.3) is 0 Å². The molecule has 2 saturated heterocycles. The van der Waals surface area contributed by atoms with Crippen LogP contribution in [0.5, 0.6) is 0 Å². The number of amides is 3. The van der Waals surface area contributed by atoms with E-state index in [1.165, 1.54) is 5.56 Å². The molecule has 0 radical (unpaired) electrons. The minimum atomic E-state index is -0.633. The van der Waals surface area contributed by atoms with E-state index in [-0.39, 0.29) is 35.8 Å². The van der Waals surface area contributed by atoms with E-state index in [1.54, 1.807) is 14.0 Å². The quantitative estimate of drug-likeness (QED) is 0.458. The molecule has 0 aromatic heterocycles. The monoisotopic (exact) mass is 499 g/mol. The van der Waals surface area contributed by atoms with Crippen molar-refractivity contribution in [3.63, 3.8) is 0 Å². The van der Waals surface area contributed by atoms with Crippen LogP contribution in [0.2, 0.25) is 0 Å². The Balaban J connectivity index is 1.75. The molecule has 4 atom stereocenters. The van der Waals surface area contributed by atoms with Crippen LogP contribution in [0.1, 0.15) is 58.9 Å². The van der Waals surface area contributed by atoms with E-state index in [2.05, 4.69) is 28.1 Å². The van der Waals surface area contributed by atoms with Gasteiger partial charge in [-0.3, -0.25) is 14.4 Å². The summed E-state index contributed by atoms with van der Waals surface area (Å²) in [4.78, 5) is 43.8. The van der Waals surface area contributed by atoms with Crippen molar-refractivity contribution in [2.75, 3.05) is 33.2 Å². The van der Waals surface area contributed by atoms with E-state index >= 15 is 0 Å². The van der Waals surface area contributed by atoms with Crippen molar-refractivity contribution >= 4 is 17.7 Å². The van der Waals surface area contributed by atoms with Crippen LogP contribution in [-0.2, 0) is 20.8 Å². The van der Waals surface area contributed by atoms with Gasteiger partial charge in [0.25, 0.3) is 0 Å². The fourth-order valence-electron chi connectivity index (χ4n) is 5.10. The highest BCUT2D eigenvalue weighted by molar-refractivity contribution is 5.90. The van der Waals surface area contributed by atoms with Crippen molar-refractivity contribution in [3.05, 3.63) is 35.9 Å². The molecule has 8 heteroatoms. The molecular formula is C28H45N5O3. The topological polar surface area (TPSA) is 93.8 Å². The van der Waals surface area contributed by atoms with E-state index in [9.17, 15) is 14.4 Å². The summed E-state index contributed by atoms with van der Waals surface area (Å²) in [6.45, 7) is 10.4. The van der Waals surface area contributed by atoms with Gasteiger partial charge in [0.05, 0.1) is 12.1 Å². The Kier molecular flexibility index (Phi) is 9.91. The van der Waals surface area contributed by atoms with Crippen molar-refractivity contribution in [1.82, 2.24) is 25.8 Å². The van der Waals surface area contributed by atoms with Gasteiger partial charge < -0.3 is 25.8 Å². The van der Waals surface area contributed by atoms with Crippen LogP contribution in [-0.4, -0.2) is 84.9 Å². The Bertz CT molecular complexity index is 879. The number of hydrogen-bond donors (Lipinski definition) is 3. The number of nitrogens with zero attached hydrogens (tertiary/aromatic N) is 2. The van der Waals surface area contributed by atoms with Gasteiger partial charge in [-0.25, -0.2) is 0 Å². The molecule has 0 bridgehead atoms. The average molecular weight is 500 g/mol. The number of hydrogen-bond acceptors (Lipinski definition) is 5. The Labute approximate surface area is 216 Å². The second-order valence-electron chi connectivity index (χ2n) is 11.3. The second kappa shape index (κ2) is 12.7. The molecule has 1 aromatic rings. The lowest BCUT2D eigenvalue weighted by Gasteiger charge is -2.38. The zero-order chi connectivity index (χ0) is 26.3. The number of benzene rings is 1. The molecule has 1 aromatic carbocycles. The molecule has 2 aliphatic rings. The van der Waals surface area contributed by atoms with Gasteiger partial charge >= 0.3 is 0 Å². The maximum Gasteiger partial charge on any atom is 0.246 e. The number of carbonyl (C=O) groups is 3. The van der Waals surface area contributed by atoms with Gasteiger partial charge in [-0.2, -0.15) is 0 Å². The fraction of sp³-hybridized carbons (Fsp3) is 0.679. The first-order valence-corrected chi connectivity index (χ1v) is 13.5. The first-order valence-electron chi connectivity index (χ1n) is 13.5. The lowest BCUT2D eigenvalue weighted by molar-refractivity contribution is -0.142. The van der Waals surface area contributed by atoms with Crippen molar-refractivity contribution in [2.24, 2.45) is 5.41 Å². The summed E-state index contributed by atoms with van der Waals surface area (Å²) in [6.07, 6.45) is 4.40. The molecule has 0 aliphatic carbocycles. The third-order valence-electron chi connectivity index (χ3n) is 7.50. The molecule has 2 heterocycles. The molecule has 200 valence electrons. The molecule has 2 aliphatic heterocycles. The lowest BCUT2D eigenvalue weighted by Crippen LogP contribution is -2.59. The SMILES string of the molecule is CN[C@@H](C)C(=O)N[C@H](C(=O)N1CCC[C@H]1CN(CCc1ccccc1)C(=O)[C@@H]1CCCN1)C(C)(C)C. The number of nitrogens with one attached hydrogen (secondary N) is 3. The third-order valence-corrected chi connectivity index (χ3v) is 7.50. The largest absolute Gasteiger partial charge is 0.342 e. The van der Waals surface area contributed by atoms with Crippen LogP contribution in [0.4, 0.5) is 0 Å². The normalized spacial score (nSPS) is 21.8. The summed E-state index contributed by atoms with van der Waals surface area (Å²) in [5.41, 5.74) is 0.757. The molecular weight excluding hydrogens is 454 g/mol. The second-order valence-corrected chi connectivity index (χ2v) is 11.3. The van der Waals surface area contributed by atoms with Crippen LogP contribution >= 0.6 is 0 Å². The summed E-state index contributed by atoms with van der Waals surface area (Å²) in [5, 5.41) is 9.28. The fourth-order valence-corrected chi connectivity index (χ4v) is 5.10. The van der Waals surface area contributed by atoms with E-state index in [4.69, 9.17) is 0 Å². The predicted molar refractivity (Wildman–Crippen MR) is 142 cm³/mol. The third kappa shape index (κ3) is 7.29. The Morgan fingerprint density at radius 2 is 1.86 bits per heavy atom. The highest BCUT2D eigenvalue weighted by Gasteiger charge is 2.41.